The Balaban J connectivity index is 2.61. The zero-order valence-corrected chi connectivity index (χ0v) is 7.82. The molecule has 0 bridgehead atoms. The van der Waals surface area contributed by atoms with Gasteiger partial charge in [-0.05, 0) is 18.1 Å². The maximum absolute atomic E-state index is 10.3. The summed E-state index contributed by atoms with van der Waals surface area (Å²) in [7, 11) is 0. The van der Waals surface area contributed by atoms with Crippen LogP contribution in [0.3, 0.4) is 0 Å². The van der Waals surface area contributed by atoms with Crippen molar-refractivity contribution in [2.45, 2.75) is 20.0 Å². The van der Waals surface area contributed by atoms with Gasteiger partial charge in [-0.15, -0.1) is 0 Å². The third kappa shape index (κ3) is 3.38. The molecule has 2 nitrogen and oxygen atoms in total. The number of aldehydes is 1. The molecule has 0 fully saturated rings. The molecule has 70 valence electrons. The lowest BCUT2D eigenvalue weighted by molar-refractivity contribution is -0.107. The van der Waals surface area contributed by atoms with E-state index in [1.54, 1.807) is 0 Å². The number of hydrogen-bond donors (Lipinski definition) is 0. The van der Waals surface area contributed by atoms with Crippen LogP contribution in [-0.4, -0.2) is 12.9 Å². The minimum Gasteiger partial charge on any atom is -0.377 e. The van der Waals surface area contributed by atoms with Crippen molar-refractivity contribution in [2.75, 3.05) is 6.61 Å². The van der Waals surface area contributed by atoms with Crippen molar-refractivity contribution in [3.05, 3.63) is 35.4 Å². The van der Waals surface area contributed by atoms with Crippen molar-refractivity contribution in [1.82, 2.24) is 0 Å². The third-order valence-corrected chi connectivity index (χ3v) is 1.78. The zero-order valence-electron chi connectivity index (χ0n) is 7.82. The van der Waals surface area contributed by atoms with Gasteiger partial charge in [0.15, 0.2) is 0 Å². The number of benzene rings is 1. The van der Waals surface area contributed by atoms with E-state index in [0.717, 1.165) is 24.0 Å². The van der Waals surface area contributed by atoms with Gasteiger partial charge in [-0.25, -0.2) is 0 Å². The first-order valence-electron chi connectivity index (χ1n) is 4.46. The van der Waals surface area contributed by atoms with E-state index < -0.39 is 0 Å². The van der Waals surface area contributed by atoms with E-state index in [0.29, 0.717) is 13.0 Å². The van der Waals surface area contributed by atoms with Crippen molar-refractivity contribution in [1.29, 1.82) is 0 Å². The molecule has 1 aromatic carbocycles. The maximum Gasteiger partial charge on any atom is 0.124 e. The van der Waals surface area contributed by atoms with Crippen molar-refractivity contribution in [3.8, 4) is 0 Å². The normalized spacial score (nSPS) is 9.92. The predicted octanol–water partition coefficient (Wildman–Crippen LogP) is 1.96. The summed E-state index contributed by atoms with van der Waals surface area (Å²) in [4.78, 5) is 10.3. The Hall–Kier alpha value is -1.15. The fraction of sp³-hybridized carbons (Fsp3) is 0.364. The summed E-state index contributed by atoms with van der Waals surface area (Å²) in [5.74, 6) is 0. The van der Waals surface area contributed by atoms with E-state index in [2.05, 4.69) is 0 Å². The molecule has 0 radical (unpaired) electrons. The average Bonchev–Trinajstić information content (AvgIpc) is 2.16. The molecule has 0 aliphatic heterocycles. The minimum atomic E-state index is 0.486. The van der Waals surface area contributed by atoms with E-state index in [9.17, 15) is 4.79 Å². The predicted molar refractivity (Wildman–Crippen MR) is 51.5 cm³/mol. The number of hydrogen-bond acceptors (Lipinski definition) is 2. The molecular weight excluding hydrogens is 164 g/mol. The second-order valence-corrected chi connectivity index (χ2v) is 2.83. The summed E-state index contributed by atoms with van der Waals surface area (Å²) >= 11 is 0. The van der Waals surface area contributed by atoms with Gasteiger partial charge >= 0.3 is 0 Å². The minimum absolute atomic E-state index is 0.486. The molecule has 0 unspecified atom stereocenters. The first kappa shape index (κ1) is 9.93. The molecule has 1 aromatic rings. The van der Waals surface area contributed by atoms with Gasteiger partial charge in [-0.1, -0.05) is 24.3 Å². The molecule has 0 saturated carbocycles. The molecule has 1 rings (SSSR count). The fourth-order valence-corrected chi connectivity index (χ4v) is 1.16. The van der Waals surface area contributed by atoms with Crippen LogP contribution in [0.4, 0.5) is 0 Å². The van der Waals surface area contributed by atoms with Crippen LogP contribution in [0.25, 0.3) is 0 Å². The third-order valence-electron chi connectivity index (χ3n) is 1.78. The Morgan fingerprint density at radius 2 is 2.15 bits per heavy atom. The lowest BCUT2D eigenvalue weighted by Gasteiger charge is -2.02. The molecule has 0 aliphatic carbocycles. The van der Waals surface area contributed by atoms with Crippen LogP contribution in [0.1, 0.15) is 18.1 Å². The van der Waals surface area contributed by atoms with Crippen LogP contribution in [0.5, 0.6) is 0 Å². The van der Waals surface area contributed by atoms with Crippen molar-refractivity contribution >= 4 is 6.29 Å². The molecule has 0 atom stereocenters. The highest BCUT2D eigenvalue weighted by atomic mass is 16.5. The van der Waals surface area contributed by atoms with E-state index in [-0.39, 0.29) is 0 Å². The second kappa shape index (κ2) is 5.49. The summed E-state index contributed by atoms with van der Waals surface area (Å²) in [6.07, 6.45) is 1.40. The zero-order chi connectivity index (χ0) is 9.52. The molecule has 0 aliphatic rings. The van der Waals surface area contributed by atoms with Crippen LogP contribution in [-0.2, 0) is 22.6 Å². The molecule has 0 saturated heterocycles. The quantitative estimate of drug-likeness (QED) is 0.644. The first-order valence-corrected chi connectivity index (χ1v) is 4.46. The Morgan fingerprint density at radius 1 is 1.38 bits per heavy atom. The van der Waals surface area contributed by atoms with E-state index in [1.165, 1.54) is 0 Å². The fourth-order valence-electron chi connectivity index (χ4n) is 1.16. The highest BCUT2D eigenvalue weighted by molar-refractivity contribution is 5.55. The summed E-state index contributed by atoms with van der Waals surface area (Å²) in [6.45, 7) is 3.32. The Kier molecular flexibility index (Phi) is 4.19. The van der Waals surface area contributed by atoms with Crippen LogP contribution < -0.4 is 0 Å². The van der Waals surface area contributed by atoms with Gasteiger partial charge in [-0.2, -0.15) is 0 Å². The molecular formula is C11H14O2. The lowest BCUT2D eigenvalue weighted by Crippen LogP contribution is -1.93. The largest absolute Gasteiger partial charge is 0.377 e. The van der Waals surface area contributed by atoms with Crippen LogP contribution >= 0.6 is 0 Å². The first-order chi connectivity index (χ1) is 6.36. The average molecular weight is 178 g/mol. The van der Waals surface area contributed by atoms with Gasteiger partial charge in [0, 0.05) is 13.0 Å². The van der Waals surface area contributed by atoms with E-state index in [1.807, 2.05) is 31.2 Å². The van der Waals surface area contributed by atoms with E-state index >= 15 is 0 Å². The lowest BCUT2D eigenvalue weighted by atomic mass is 10.1. The second-order valence-electron chi connectivity index (χ2n) is 2.83. The molecule has 13 heavy (non-hydrogen) atoms. The number of rotatable bonds is 5. The van der Waals surface area contributed by atoms with Gasteiger partial charge in [0.05, 0.1) is 6.61 Å². The van der Waals surface area contributed by atoms with Crippen LogP contribution in [0.2, 0.25) is 0 Å². The van der Waals surface area contributed by atoms with Gasteiger partial charge in [-0.3, -0.25) is 0 Å². The highest BCUT2D eigenvalue weighted by Gasteiger charge is 1.94. The van der Waals surface area contributed by atoms with Crippen LogP contribution in [0, 0.1) is 0 Å². The molecule has 0 spiro atoms. The standard InChI is InChI=1S/C11H14O2/c1-2-13-9-11-5-3-4-10(8-11)6-7-12/h3-5,7-8H,2,6,9H2,1H3. The number of carbonyl (C=O) groups excluding carboxylic acids is 1. The van der Waals surface area contributed by atoms with Crippen LogP contribution in [0.15, 0.2) is 24.3 Å². The Labute approximate surface area is 78.5 Å². The summed E-state index contributed by atoms with van der Waals surface area (Å²) in [5.41, 5.74) is 2.17. The smallest absolute Gasteiger partial charge is 0.124 e. The number of carbonyl (C=O) groups is 1. The monoisotopic (exact) mass is 178 g/mol. The van der Waals surface area contributed by atoms with Gasteiger partial charge in [0.2, 0.25) is 0 Å². The molecule has 2 heteroatoms. The topological polar surface area (TPSA) is 26.3 Å². The van der Waals surface area contributed by atoms with E-state index in [4.69, 9.17) is 4.74 Å². The SMILES string of the molecule is CCOCc1cccc(CC=O)c1. The molecule has 0 N–H and O–H groups in total. The van der Waals surface area contributed by atoms with Gasteiger partial charge in [0.1, 0.15) is 6.29 Å². The van der Waals surface area contributed by atoms with Crippen molar-refractivity contribution < 1.29 is 9.53 Å². The molecule has 0 heterocycles. The summed E-state index contributed by atoms with van der Waals surface area (Å²) in [6, 6.07) is 7.91. The molecule has 0 amide bonds. The number of ether oxygens (including phenoxy) is 1. The Morgan fingerprint density at radius 3 is 2.85 bits per heavy atom. The molecule has 0 aromatic heterocycles. The highest BCUT2D eigenvalue weighted by Crippen LogP contribution is 2.06. The summed E-state index contributed by atoms with van der Waals surface area (Å²) in [5, 5.41) is 0. The Bertz CT molecular complexity index is 269. The van der Waals surface area contributed by atoms with Crippen molar-refractivity contribution in [3.63, 3.8) is 0 Å². The summed E-state index contributed by atoms with van der Waals surface area (Å²) < 4.78 is 5.26. The van der Waals surface area contributed by atoms with Crippen molar-refractivity contribution in [2.24, 2.45) is 0 Å². The van der Waals surface area contributed by atoms with Gasteiger partial charge in [0.25, 0.3) is 0 Å². The maximum atomic E-state index is 10.3. The van der Waals surface area contributed by atoms with Gasteiger partial charge < -0.3 is 9.53 Å².